The number of ketones is 1. The Balaban J connectivity index is 2.19. The highest BCUT2D eigenvalue weighted by Crippen LogP contribution is 2.55. The van der Waals surface area contributed by atoms with Gasteiger partial charge in [-0.25, -0.2) is 0 Å². The Morgan fingerprint density at radius 2 is 1.93 bits per heavy atom. The van der Waals surface area contributed by atoms with E-state index in [0.717, 1.165) is 12.0 Å². The lowest BCUT2D eigenvalue weighted by Gasteiger charge is -2.44. The largest absolute Gasteiger partial charge is 0.396 e. The molecule has 1 amide bonds. The van der Waals surface area contributed by atoms with Crippen LogP contribution in [-0.2, 0) is 9.59 Å². The summed E-state index contributed by atoms with van der Waals surface area (Å²) in [6.45, 7) is 10.5. The molecule has 2 aliphatic carbocycles. The molecule has 0 bridgehead atoms. The van der Waals surface area contributed by atoms with Crippen LogP contribution in [0.1, 0.15) is 53.9 Å². The van der Waals surface area contributed by atoms with Crippen molar-refractivity contribution < 1.29 is 19.8 Å². The van der Waals surface area contributed by atoms with E-state index >= 15 is 0 Å². The summed E-state index contributed by atoms with van der Waals surface area (Å²) in [5.41, 5.74) is 1.06. The number of hydrogen-bond donors (Lipinski definition) is 3. The molecular formula is C25H37NO4. The second-order valence-electron chi connectivity index (χ2n) is 10.1. The topological polar surface area (TPSA) is 86.6 Å². The lowest BCUT2D eigenvalue weighted by molar-refractivity contribution is -0.142. The normalized spacial score (nSPS) is 42.4. The van der Waals surface area contributed by atoms with Crippen molar-refractivity contribution in [1.29, 1.82) is 0 Å². The van der Waals surface area contributed by atoms with Crippen LogP contribution in [-0.4, -0.2) is 40.7 Å². The van der Waals surface area contributed by atoms with E-state index in [1.807, 2.05) is 6.92 Å². The monoisotopic (exact) mass is 415 g/mol. The fourth-order valence-electron chi connectivity index (χ4n) is 5.95. The zero-order valence-electron chi connectivity index (χ0n) is 18.9. The summed E-state index contributed by atoms with van der Waals surface area (Å²) in [5.74, 6) is -0.445. The van der Waals surface area contributed by atoms with Crippen molar-refractivity contribution in [2.45, 2.75) is 66.0 Å². The molecular weight excluding hydrogens is 378 g/mol. The molecule has 1 aliphatic heterocycles. The first-order valence-electron chi connectivity index (χ1n) is 11.3. The van der Waals surface area contributed by atoms with E-state index in [9.17, 15) is 19.8 Å². The first kappa shape index (κ1) is 23.0. The van der Waals surface area contributed by atoms with Gasteiger partial charge in [0.2, 0.25) is 5.91 Å². The van der Waals surface area contributed by atoms with Gasteiger partial charge in [0, 0.05) is 24.5 Å². The minimum absolute atomic E-state index is 0.0225. The first-order chi connectivity index (χ1) is 14.1. The van der Waals surface area contributed by atoms with Crippen LogP contribution < -0.4 is 5.32 Å². The van der Waals surface area contributed by atoms with Crippen LogP contribution in [0.5, 0.6) is 0 Å². The summed E-state index contributed by atoms with van der Waals surface area (Å²) >= 11 is 0. The number of hydrogen-bond acceptors (Lipinski definition) is 4. The van der Waals surface area contributed by atoms with Gasteiger partial charge < -0.3 is 15.5 Å². The highest BCUT2D eigenvalue weighted by molar-refractivity contribution is 6.13. The van der Waals surface area contributed by atoms with E-state index in [0.29, 0.717) is 18.8 Å². The molecule has 30 heavy (non-hydrogen) atoms. The van der Waals surface area contributed by atoms with Gasteiger partial charge in [-0.1, -0.05) is 50.1 Å². The molecule has 1 spiro atoms. The van der Waals surface area contributed by atoms with Crippen molar-refractivity contribution in [1.82, 2.24) is 5.32 Å². The minimum Gasteiger partial charge on any atom is -0.396 e. The molecule has 5 nitrogen and oxygen atoms in total. The Morgan fingerprint density at radius 3 is 2.57 bits per heavy atom. The van der Waals surface area contributed by atoms with Crippen LogP contribution in [0, 0.1) is 35.0 Å². The predicted molar refractivity (Wildman–Crippen MR) is 117 cm³/mol. The van der Waals surface area contributed by atoms with Crippen molar-refractivity contribution >= 4 is 11.7 Å². The molecule has 0 aromatic carbocycles. The highest BCUT2D eigenvalue weighted by atomic mass is 16.3. The number of amides is 1. The number of carbonyl (C=O) groups excluding carboxylic acids is 2. The van der Waals surface area contributed by atoms with Gasteiger partial charge >= 0.3 is 0 Å². The Hall–Kier alpha value is -1.72. The molecule has 1 saturated heterocycles. The lowest BCUT2D eigenvalue weighted by atomic mass is 9.55. The summed E-state index contributed by atoms with van der Waals surface area (Å²) in [4.78, 5) is 27.3. The molecule has 3 rings (SSSR count). The van der Waals surface area contributed by atoms with Crippen molar-refractivity contribution in [3.63, 3.8) is 0 Å². The average Bonchev–Trinajstić information content (AvgIpc) is 2.94. The molecule has 3 N–H and O–H groups in total. The summed E-state index contributed by atoms with van der Waals surface area (Å²) in [6, 6.07) is -0.0510. The quantitative estimate of drug-likeness (QED) is 0.488. The number of carbonyl (C=O) groups is 2. The number of aliphatic hydroxyl groups is 2. The van der Waals surface area contributed by atoms with Gasteiger partial charge in [0.05, 0.1) is 6.10 Å². The summed E-state index contributed by atoms with van der Waals surface area (Å²) < 4.78 is 0. The lowest BCUT2D eigenvalue weighted by Crippen LogP contribution is -2.51. The molecule has 0 saturated carbocycles. The summed E-state index contributed by atoms with van der Waals surface area (Å²) in [6.07, 6.45) is 8.12. The fourth-order valence-corrected chi connectivity index (χ4v) is 5.95. The van der Waals surface area contributed by atoms with Crippen molar-refractivity contribution in [2.24, 2.45) is 35.0 Å². The second kappa shape index (κ2) is 8.80. The maximum Gasteiger partial charge on any atom is 0.235 e. The Kier molecular flexibility index (Phi) is 6.73. The molecule has 166 valence electrons. The standard InChI is InChI=1S/C25H37NO4/c1-14(2)8-21-23-17(5)16(4)11-19-10-15(3)9-18(13-27)12-20(28)6-7-22(29)25(19,23)24(30)26-21/h6-7,10-11,14,17-21,23,27-28H,8-9,12-13H2,1-5H3,(H,26,30)/b7-6-,15-10-/t17-,18+,19+,20-,21+,23+,25-/m1/s1. The van der Waals surface area contributed by atoms with E-state index < -0.39 is 11.5 Å². The van der Waals surface area contributed by atoms with Gasteiger partial charge in [-0.3, -0.25) is 9.59 Å². The van der Waals surface area contributed by atoms with Gasteiger partial charge in [-0.15, -0.1) is 0 Å². The van der Waals surface area contributed by atoms with E-state index in [-0.39, 0.29) is 48.0 Å². The van der Waals surface area contributed by atoms with Crippen molar-refractivity contribution in [2.75, 3.05) is 6.61 Å². The van der Waals surface area contributed by atoms with Crippen LogP contribution in [0.25, 0.3) is 0 Å². The van der Waals surface area contributed by atoms with E-state index in [1.54, 1.807) is 0 Å². The Labute approximate surface area is 180 Å². The number of nitrogens with one attached hydrogen (secondary N) is 1. The average molecular weight is 416 g/mol. The molecule has 0 aromatic rings. The van der Waals surface area contributed by atoms with Crippen molar-refractivity contribution in [3.8, 4) is 0 Å². The molecule has 0 radical (unpaired) electrons. The fraction of sp³-hybridized carbons (Fsp3) is 0.680. The van der Waals surface area contributed by atoms with Gasteiger partial charge in [0.15, 0.2) is 5.78 Å². The van der Waals surface area contributed by atoms with Gasteiger partial charge in [-0.2, -0.15) is 0 Å². The summed E-state index contributed by atoms with van der Waals surface area (Å²) in [5, 5.41) is 23.3. The maximum atomic E-state index is 13.7. The molecule has 1 fully saturated rings. The Bertz CT molecular complexity index is 780. The maximum absolute atomic E-state index is 13.7. The third-order valence-corrected chi connectivity index (χ3v) is 7.39. The molecule has 0 aromatic heterocycles. The summed E-state index contributed by atoms with van der Waals surface area (Å²) in [7, 11) is 0. The second-order valence-corrected chi connectivity index (χ2v) is 10.1. The van der Waals surface area contributed by atoms with Crippen LogP contribution in [0.15, 0.2) is 35.5 Å². The van der Waals surface area contributed by atoms with E-state index in [1.165, 1.54) is 17.7 Å². The van der Waals surface area contributed by atoms with Gasteiger partial charge in [0.25, 0.3) is 0 Å². The third-order valence-electron chi connectivity index (χ3n) is 7.39. The van der Waals surface area contributed by atoms with Crippen LogP contribution in [0.4, 0.5) is 0 Å². The van der Waals surface area contributed by atoms with Crippen molar-refractivity contribution in [3.05, 3.63) is 35.5 Å². The molecule has 0 unspecified atom stereocenters. The molecule has 7 atom stereocenters. The minimum atomic E-state index is -1.19. The third kappa shape index (κ3) is 3.94. The number of allylic oxidation sites excluding steroid dienone is 5. The predicted octanol–water partition coefficient (Wildman–Crippen LogP) is 3.18. The molecule has 5 heteroatoms. The Morgan fingerprint density at radius 1 is 1.23 bits per heavy atom. The number of rotatable bonds is 3. The molecule has 3 aliphatic rings. The van der Waals surface area contributed by atoms with Crippen LogP contribution in [0.2, 0.25) is 0 Å². The highest BCUT2D eigenvalue weighted by Gasteiger charge is 2.64. The molecule has 1 heterocycles. The zero-order chi connectivity index (χ0) is 22.2. The van der Waals surface area contributed by atoms with E-state index in [4.69, 9.17) is 0 Å². The van der Waals surface area contributed by atoms with Gasteiger partial charge in [0.1, 0.15) is 5.41 Å². The van der Waals surface area contributed by atoms with Gasteiger partial charge in [-0.05, 0) is 56.9 Å². The smallest absolute Gasteiger partial charge is 0.235 e. The first-order valence-corrected chi connectivity index (χ1v) is 11.3. The van der Waals surface area contributed by atoms with E-state index in [2.05, 4.69) is 45.2 Å². The van der Waals surface area contributed by atoms with Crippen LogP contribution in [0.3, 0.4) is 0 Å². The SMILES string of the molecule is CC1=C[C@@H]2/C=C(/C)C[C@H](CO)C[C@H](O)/C=C\C(=O)[C@]23C(=O)N[C@@H](CC(C)C)[C@@H]3[C@@H]1C. The number of aliphatic hydroxyl groups excluding tert-OH is 2. The van der Waals surface area contributed by atoms with Crippen LogP contribution >= 0.6 is 0 Å². The zero-order valence-corrected chi connectivity index (χ0v) is 18.9.